The van der Waals surface area contributed by atoms with Gasteiger partial charge in [0, 0.05) is 17.3 Å². The maximum Gasteiger partial charge on any atom is 0.0964 e. The third-order valence-electron chi connectivity index (χ3n) is 2.45. The Morgan fingerprint density at radius 2 is 1.82 bits per heavy atom. The molecule has 1 aromatic carbocycles. The molecule has 0 unspecified atom stereocenters. The van der Waals surface area contributed by atoms with E-state index in [1.807, 2.05) is 0 Å². The molecule has 0 atom stereocenters. The SMILES string of the molecule is Nc1c(CO)ccnc1-c1c(Cl)cccc1Cl. The maximum atomic E-state index is 9.15. The smallest absolute Gasteiger partial charge is 0.0964 e. The molecule has 0 saturated carbocycles. The van der Waals surface area contributed by atoms with Crippen molar-refractivity contribution in [1.29, 1.82) is 0 Å². The molecule has 0 amide bonds. The Labute approximate surface area is 109 Å². The summed E-state index contributed by atoms with van der Waals surface area (Å²) in [6, 6.07) is 6.84. The van der Waals surface area contributed by atoms with E-state index in [4.69, 9.17) is 34.0 Å². The van der Waals surface area contributed by atoms with Gasteiger partial charge < -0.3 is 10.8 Å². The van der Waals surface area contributed by atoms with Crippen LogP contribution in [0.5, 0.6) is 0 Å². The average Bonchev–Trinajstić information content (AvgIpc) is 2.31. The fourth-order valence-electron chi connectivity index (χ4n) is 1.57. The van der Waals surface area contributed by atoms with Crippen LogP contribution in [0.4, 0.5) is 5.69 Å². The first-order valence-corrected chi connectivity index (χ1v) is 5.69. The lowest BCUT2D eigenvalue weighted by Gasteiger charge is -2.11. The predicted molar refractivity (Wildman–Crippen MR) is 70.0 cm³/mol. The van der Waals surface area contributed by atoms with E-state index in [0.717, 1.165) is 0 Å². The van der Waals surface area contributed by atoms with E-state index in [-0.39, 0.29) is 6.61 Å². The Hall–Kier alpha value is -1.29. The van der Waals surface area contributed by atoms with E-state index < -0.39 is 0 Å². The summed E-state index contributed by atoms with van der Waals surface area (Å²) >= 11 is 12.2. The third-order valence-corrected chi connectivity index (χ3v) is 3.08. The Morgan fingerprint density at radius 1 is 1.18 bits per heavy atom. The first-order valence-electron chi connectivity index (χ1n) is 4.93. The van der Waals surface area contributed by atoms with Gasteiger partial charge in [0.1, 0.15) is 0 Å². The number of anilines is 1. The van der Waals surface area contributed by atoms with Gasteiger partial charge in [-0.05, 0) is 18.2 Å². The minimum atomic E-state index is -0.149. The van der Waals surface area contributed by atoms with Gasteiger partial charge in [-0.1, -0.05) is 29.3 Å². The summed E-state index contributed by atoms with van der Waals surface area (Å²) in [7, 11) is 0. The summed E-state index contributed by atoms with van der Waals surface area (Å²) in [5.41, 5.74) is 8.00. The van der Waals surface area contributed by atoms with Crippen LogP contribution in [0.15, 0.2) is 30.5 Å². The van der Waals surface area contributed by atoms with Gasteiger partial charge in [-0.15, -0.1) is 0 Å². The van der Waals surface area contributed by atoms with Crippen LogP contribution in [-0.2, 0) is 6.61 Å². The third kappa shape index (κ3) is 2.22. The predicted octanol–water partition coefficient (Wildman–Crippen LogP) is 3.13. The van der Waals surface area contributed by atoms with E-state index >= 15 is 0 Å². The second-order valence-electron chi connectivity index (χ2n) is 3.49. The largest absolute Gasteiger partial charge is 0.397 e. The summed E-state index contributed by atoms with van der Waals surface area (Å²) in [6.07, 6.45) is 1.57. The molecule has 2 rings (SSSR count). The van der Waals surface area contributed by atoms with Crippen LogP contribution >= 0.6 is 23.2 Å². The monoisotopic (exact) mass is 268 g/mol. The zero-order valence-electron chi connectivity index (χ0n) is 8.82. The number of nitrogens with two attached hydrogens (primary N) is 1. The number of aromatic nitrogens is 1. The standard InChI is InChI=1S/C12H10Cl2N2O/c13-8-2-1-3-9(14)10(8)12-11(15)7(6-17)4-5-16-12/h1-5,17H,6,15H2. The molecule has 2 aromatic rings. The zero-order valence-corrected chi connectivity index (χ0v) is 10.3. The number of pyridine rings is 1. The van der Waals surface area contributed by atoms with E-state index in [9.17, 15) is 0 Å². The van der Waals surface area contributed by atoms with Crippen LogP contribution in [-0.4, -0.2) is 10.1 Å². The first-order chi connectivity index (χ1) is 8.15. The summed E-state index contributed by atoms with van der Waals surface area (Å²) in [5, 5.41) is 10.1. The molecule has 0 aliphatic carbocycles. The minimum Gasteiger partial charge on any atom is -0.397 e. The average molecular weight is 269 g/mol. The highest BCUT2D eigenvalue weighted by Crippen LogP contribution is 2.37. The second kappa shape index (κ2) is 4.92. The maximum absolute atomic E-state index is 9.15. The van der Waals surface area contributed by atoms with Crippen molar-refractivity contribution < 1.29 is 5.11 Å². The van der Waals surface area contributed by atoms with Gasteiger partial charge in [0.05, 0.1) is 28.0 Å². The lowest BCUT2D eigenvalue weighted by Crippen LogP contribution is -2.00. The highest BCUT2D eigenvalue weighted by atomic mass is 35.5. The van der Waals surface area contributed by atoms with Gasteiger partial charge in [0.2, 0.25) is 0 Å². The van der Waals surface area contributed by atoms with Crippen molar-refractivity contribution in [3.63, 3.8) is 0 Å². The van der Waals surface area contributed by atoms with Gasteiger partial charge in [0.15, 0.2) is 0 Å². The molecule has 0 saturated heterocycles. The molecule has 1 aromatic heterocycles. The van der Waals surface area contributed by atoms with Gasteiger partial charge in [-0.3, -0.25) is 4.98 Å². The molecule has 1 heterocycles. The lowest BCUT2D eigenvalue weighted by atomic mass is 10.1. The zero-order chi connectivity index (χ0) is 12.4. The molecule has 3 nitrogen and oxygen atoms in total. The van der Waals surface area contributed by atoms with Crippen LogP contribution in [0.25, 0.3) is 11.3 Å². The molecule has 0 bridgehead atoms. The first kappa shape index (κ1) is 12.2. The van der Waals surface area contributed by atoms with Crippen LogP contribution in [0.1, 0.15) is 5.56 Å². The molecular formula is C12H10Cl2N2O. The van der Waals surface area contributed by atoms with Crippen molar-refractivity contribution in [2.24, 2.45) is 0 Å². The number of rotatable bonds is 2. The fourth-order valence-corrected chi connectivity index (χ4v) is 2.15. The van der Waals surface area contributed by atoms with Gasteiger partial charge in [-0.25, -0.2) is 0 Å². The number of nitrogen functional groups attached to an aromatic ring is 1. The molecule has 3 N–H and O–H groups in total. The van der Waals surface area contributed by atoms with E-state index in [0.29, 0.717) is 32.6 Å². The number of hydrogen-bond donors (Lipinski definition) is 2. The fraction of sp³-hybridized carbons (Fsp3) is 0.0833. The molecule has 88 valence electrons. The van der Waals surface area contributed by atoms with E-state index in [1.165, 1.54) is 0 Å². The normalized spacial score (nSPS) is 10.5. The van der Waals surface area contributed by atoms with Crippen LogP contribution < -0.4 is 5.73 Å². The van der Waals surface area contributed by atoms with Crippen LogP contribution in [0.2, 0.25) is 10.0 Å². The van der Waals surface area contributed by atoms with E-state index in [1.54, 1.807) is 30.5 Å². The van der Waals surface area contributed by atoms with Crippen molar-refractivity contribution in [2.75, 3.05) is 5.73 Å². The van der Waals surface area contributed by atoms with Crippen LogP contribution in [0, 0.1) is 0 Å². The number of hydrogen-bond acceptors (Lipinski definition) is 3. The molecular weight excluding hydrogens is 259 g/mol. The Bertz CT molecular complexity index is 538. The molecule has 0 spiro atoms. The second-order valence-corrected chi connectivity index (χ2v) is 4.30. The number of nitrogens with zero attached hydrogens (tertiary/aromatic N) is 1. The summed E-state index contributed by atoms with van der Waals surface area (Å²) in [6.45, 7) is -0.149. The number of benzene rings is 1. The summed E-state index contributed by atoms with van der Waals surface area (Å²) in [5.74, 6) is 0. The van der Waals surface area contributed by atoms with Gasteiger partial charge in [-0.2, -0.15) is 0 Å². The van der Waals surface area contributed by atoms with Gasteiger partial charge >= 0.3 is 0 Å². The Balaban J connectivity index is 2.69. The highest BCUT2D eigenvalue weighted by Gasteiger charge is 2.14. The Morgan fingerprint density at radius 3 is 2.41 bits per heavy atom. The number of aliphatic hydroxyl groups excluding tert-OH is 1. The number of aliphatic hydroxyl groups is 1. The van der Waals surface area contributed by atoms with E-state index in [2.05, 4.69) is 4.98 Å². The molecule has 0 aliphatic rings. The molecule has 0 fully saturated rings. The van der Waals surface area contributed by atoms with Crippen molar-refractivity contribution in [3.05, 3.63) is 46.1 Å². The van der Waals surface area contributed by atoms with Crippen molar-refractivity contribution >= 4 is 28.9 Å². The van der Waals surface area contributed by atoms with Crippen molar-refractivity contribution in [2.45, 2.75) is 6.61 Å². The quantitative estimate of drug-likeness (QED) is 0.880. The minimum absolute atomic E-state index is 0.149. The summed E-state index contributed by atoms with van der Waals surface area (Å²) < 4.78 is 0. The number of halogens is 2. The molecule has 0 radical (unpaired) electrons. The van der Waals surface area contributed by atoms with Crippen molar-refractivity contribution in [1.82, 2.24) is 4.98 Å². The molecule has 17 heavy (non-hydrogen) atoms. The van der Waals surface area contributed by atoms with Crippen LogP contribution in [0.3, 0.4) is 0 Å². The topological polar surface area (TPSA) is 59.1 Å². The molecule has 5 heteroatoms. The summed E-state index contributed by atoms with van der Waals surface area (Å²) in [4.78, 5) is 4.17. The van der Waals surface area contributed by atoms with Crippen molar-refractivity contribution in [3.8, 4) is 11.3 Å². The lowest BCUT2D eigenvalue weighted by molar-refractivity contribution is 0.282. The Kier molecular flexibility index (Phi) is 3.52. The molecule has 0 aliphatic heterocycles. The highest BCUT2D eigenvalue weighted by molar-refractivity contribution is 6.39. The van der Waals surface area contributed by atoms with Gasteiger partial charge in [0.25, 0.3) is 0 Å².